The van der Waals surface area contributed by atoms with Crippen molar-refractivity contribution in [1.82, 2.24) is 10.6 Å². The van der Waals surface area contributed by atoms with E-state index < -0.39 is 18.2 Å². The van der Waals surface area contributed by atoms with Crippen molar-refractivity contribution in [3.63, 3.8) is 0 Å². The van der Waals surface area contributed by atoms with E-state index in [1.54, 1.807) is 24.3 Å². The molecule has 2 aliphatic rings. The summed E-state index contributed by atoms with van der Waals surface area (Å²) in [7, 11) is 0. The summed E-state index contributed by atoms with van der Waals surface area (Å²) in [5.41, 5.74) is 0.996. The molecule has 8 nitrogen and oxygen atoms in total. The van der Waals surface area contributed by atoms with Gasteiger partial charge in [-0.05, 0) is 92.5 Å². The Morgan fingerprint density at radius 3 is 1.97 bits per heavy atom. The van der Waals surface area contributed by atoms with Crippen molar-refractivity contribution < 1.29 is 42.1 Å². The van der Waals surface area contributed by atoms with Crippen molar-refractivity contribution in [2.45, 2.75) is 56.9 Å². The van der Waals surface area contributed by atoms with E-state index >= 15 is 0 Å². The summed E-state index contributed by atoms with van der Waals surface area (Å²) in [5, 5.41) is 14.4. The fraction of sp³-hybridized carbons (Fsp3) is 0.444. The first-order valence-electron chi connectivity index (χ1n) is 12.5. The predicted molar refractivity (Wildman–Crippen MR) is 130 cm³/mol. The smallest absolute Gasteiger partial charge is 0.490 e. The van der Waals surface area contributed by atoms with Gasteiger partial charge in [0.05, 0.1) is 12.0 Å². The van der Waals surface area contributed by atoms with Crippen LogP contribution < -0.4 is 20.1 Å². The molecule has 3 N–H and O–H groups in total. The third-order valence-corrected chi connectivity index (χ3v) is 6.65. The Bertz CT molecular complexity index is 1160. The molecule has 0 spiro atoms. The number of carbonyl (C=O) groups is 3. The highest BCUT2D eigenvalue weighted by Gasteiger charge is 2.35. The maximum absolute atomic E-state index is 12.6. The Morgan fingerprint density at radius 2 is 1.42 bits per heavy atom. The average molecular weight is 535 g/mol. The average Bonchev–Trinajstić information content (AvgIpc) is 3.72. The fourth-order valence-electron chi connectivity index (χ4n) is 4.48. The van der Waals surface area contributed by atoms with Crippen LogP contribution in [0.2, 0.25) is 0 Å². The van der Waals surface area contributed by atoms with Gasteiger partial charge >= 0.3 is 12.3 Å². The summed E-state index contributed by atoms with van der Waals surface area (Å²) in [6.07, 6.45) is -0.883. The van der Waals surface area contributed by atoms with Gasteiger partial charge in [0.15, 0.2) is 0 Å². The lowest BCUT2D eigenvalue weighted by molar-refractivity contribution is -0.274. The number of rotatable bonds is 10. The van der Waals surface area contributed by atoms with Crippen LogP contribution in [0.15, 0.2) is 42.5 Å². The molecule has 2 saturated carbocycles. The van der Waals surface area contributed by atoms with Crippen molar-refractivity contribution in [2.24, 2.45) is 5.92 Å². The minimum Gasteiger partial charge on any atom is -0.490 e. The molecule has 0 atom stereocenters. The normalized spacial score (nSPS) is 19.3. The molecular formula is C27H29F3N2O6. The second-order valence-corrected chi connectivity index (χ2v) is 9.54. The Kier molecular flexibility index (Phi) is 8.43. The molecule has 2 aromatic rings. The van der Waals surface area contributed by atoms with Crippen LogP contribution >= 0.6 is 0 Å². The van der Waals surface area contributed by atoms with Crippen LogP contribution in [0.5, 0.6) is 11.5 Å². The zero-order valence-corrected chi connectivity index (χ0v) is 20.6. The number of carboxylic acid groups (broad SMARTS) is 1. The van der Waals surface area contributed by atoms with Gasteiger partial charge in [-0.2, -0.15) is 0 Å². The summed E-state index contributed by atoms with van der Waals surface area (Å²) < 4.78 is 47.9. The fourth-order valence-corrected chi connectivity index (χ4v) is 4.48. The maximum Gasteiger partial charge on any atom is 0.573 e. The van der Waals surface area contributed by atoms with Gasteiger partial charge in [-0.1, -0.05) is 0 Å². The minimum atomic E-state index is -4.80. The number of hydrogen-bond donors (Lipinski definition) is 3. The topological polar surface area (TPSA) is 114 Å². The van der Waals surface area contributed by atoms with Gasteiger partial charge in [0.1, 0.15) is 11.5 Å². The van der Waals surface area contributed by atoms with Crippen molar-refractivity contribution in [2.75, 3.05) is 13.1 Å². The summed E-state index contributed by atoms with van der Waals surface area (Å²) >= 11 is 0. The molecule has 2 amide bonds. The SMILES string of the molecule is O=C(NCCNC(=O)c1ccc(OC(F)(F)F)c(C2CC2)c1)c1ccc(OC2CCC(C(=O)O)CC2)cc1. The number of carbonyl (C=O) groups excluding carboxylic acids is 2. The van der Waals surface area contributed by atoms with Crippen LogP contribution in [0.3, 0.4) is 0 Å². The standard InChI is InChI=1S/C27H29F3N2O6/c28-27(29,30)38-23-12-7-19(15-22(23)16-1-2-16)25(34)32-14-13-31-24(33)17-3-8-20(9-4-17)37-21-10-5-18(6-11-21)26(35)36/h3-4,7-9,12,15-16,18,21H,1-2,5-6,10-11,13-14H2,(H,31,33)(H,32,34)(H,35,36). The molecule has 2 fully saturated rings. The Morgan fingerprint density at radius 1 is 0.842 bits per heavy atom. The first kappa shape index (κ1) is 27.3. The van der Waals surface area contributed by atoms with E-state index in [2.05, 4.69) is 15.4 Å². The van der Waals surface area contributed by atoms with Crippen LogP contribution in [-0.2, 0) is 4.79 Å². The lowest BCUT2D eigenvalue weighted by Crippen LogP contribution is -2.34. The van der Waals surface area contributed by atoms with Crippen LogP contribution in [0.4, 0.5) is 13.2 Å². The molecule has 0 saturated heterocycles. The summed E-state index contributed by atoms with van der Waals surface area (Å²) in [6.45, 7) is 0.282. The molecular weight excluding hydrogens is 505 g/mol. The largest absolute Gasteiger partial charge is 0.573 e. The molecule has 0 aromatic heterocycles. The lowest BCUT2D eigenvalue weighted by Gasteiger charge is -2.26. The number of hydrogen-bond acceptors (Lipinski definition) is 5. The van der Waals surface area contributed by atoms with E-state index in [-0.39, 0.29) is 48.2 Å². The zero-order valence-electron chi connectivity index (χ0n) is 20.6. The number of benzene rings is 2. The quantitative estimate of drug-likeness (QED) is 0.383. The Hall–Kier alpha value is -3.76. The molecule has 0 radical (unpaired) electrons. The van der Waals surface area contributed by atoms with Gasteiger partial charge in [0.2, 0.25) is 0 Å². The molecule has 0 aliphatic heterocycles. The zero-order chi connectivity index (χ0) is 27.3. The molecule has 2 aliphatic carbocycles. The van der Waals surface area contributed by atoms with Gasteiger partial charge in [-0.3, -0.25) is 14.4 Å². The number of alkyl halides is 3. The highest BCUT2D eigenvalue weighted by Crippen LogP contribution is 2.45. The first-order chi connectivity index (χ1) is 18.1. The highest BCUT2D eigenvalue weighted by molar-refractivity contribution is 5.95. The van der Waals surface area contributed by atoms with E-state index in [0.717, 1.165) is 18.9 Å². The van der Waals surface area contributed by atoms with Crippen molar-refractivity contribution in [1.29, 1.82) is 0 Å². The third kappa shape index (κ3) is 7.62. The van der Waals surface area contributed by atoms with E-state index in [1.807, 2.05) is 0 Å². The van der Waals surface area contributed by atoms with Gasteiger partial charge in [-0.25, -0.2) is 0 Å². The van der Waals surface area contributed by atoms with E-state index in [9.17, 15) is 27.6 Å². The van der Waals surface area contributed by atoms with E-state index in [1.165, 1.54) is 12.1 Å². The monoisotopic (exact) mass is 534 g/mol. The summed E-state index contributed by atoms with van der Waals surface area (Å²) in [6, 6.07) is 10.5. The second-order valence-electron chi connectivity index (χ2n) is 9.54. The van der Waals surface area contributed by atoms with Crippen molar-refractivity contribution in [3.8, 4) is 11.5 Å². The molecule has 38 heavy (non-hydrogen) atoms. The van der Waals surface area contributed by atoms with Gasteiger partial charge in [0.25, 0.3) is 11.8 Å². The molecule has 0 unspecified atom stereocenters. The third-order valence-electron chi connectivity index (χ3n) is 6.65. The minimum absolute atomic E-state index is 0.0527. The van der Waals surface area contributed by atoms with Crippen LogP contribution in [-0.4, -0.2) is 48.4 Å². The molecule has 11 heteroatoms. The van der Waals surface area contributed by atoms with Gasteiger partial charge in [0, 0.05) is 24.2 Å². The van der Waals surface area contributed by atoms with E-state index in [4.69, 9.17) is 9.84 Å². The van der Waals surface area contributed by atoms with Gasteiger partial charge in [-0.15, -0.1) is 13.2 Å². The van der Waals surface area contributed by atoms with Crippen LogP contribution in [0, 0.1) is 5.92 Å². The van der Waals surface area contributed by atoms with Gasteiger partial charge < -0.3 is 25.2 Å². The molecule has 4 rings (SSSR count). The summed E-state index contributed by atoms with van der Waals surface area (Å²) in [4.78, 5) is 36.0. The number of halogens is 3. The van der Waals surface area contributed by atoms with E-state index in [0.29, 0.717) is 42.6 Å². The lowest BCUT2D eigenvalue weighted by atomic mass is 9.87. The molecule has 204 valence electrons. The van der Waals surface area contributed by atoms with Crippen molar-refractivity contribution >= 4 is 17.8 Å². The molecule has 0 heterocycles. The second kappa shape index (κ2) is 11.7. The number of carboxylic acids is 1. The number of aliphatic carboxylic acids is 1. The summed E-state index contributed by atoms with van der Waals surface area (Å²) in [5.74, 6) is -1.62. The van der Waals surface area contributed by atoms with Crippen molar-refractivity contribution in [3.05, 3.63) is 59.2 Å². The number of nitrogens with one attached hydrogen (secondary N) is 2. The maximum atomic E-state index is 12.6. The number of ether oxygens (including phenoxy) is 2. The molecule has 0 bridgehead atoms. The first-order valence-corrected chi connectivity index (χ1v) is 12.5. The number of amides is 2. The highest BCUT2D eigenvalue weighted by atomic mass is 19.4. The molecule has 2 aromatic carbocycles. The van der Waals surface area contributed by atoms with Crippen LogP contribution in [0.1, 0.15) is 70.7 Å². The Labute approximate surface area is 217 Å². The predicted octanol–water partition coefficient (Wildman–Crippen LogP) is 4.64. The Balaban J connectivity index is 1.21. The van der Waals surface area contributed by atoms with Crippen LogP contribution in [0.25, 0.3) is 0 Å².